The number of nitrogens with zero attached hydrogens (tertiary/aromatic N) is 3. The van der Waals surface area contributed by atoms with E-state index in [1.807, 2.05) is 45.4 Å². The van der Waals surface area contributed by atoms with E-state index >= 15 is 0 Å². The van der Waals surface area contributed by atoms with Gasteiger partial charge in [-0.05, 0) is 38.7 Å². The van der Waals surface area contributed by atoms with Crippen molar-refractivity contribution in [3.63, 3.8) is 0 Å². The van der Waals surface area contributed by atoms with E-state index in [0.29, 0.717) is 17.9 Å². The van der Waals surface area contributed by atoms with Crippen LogP contribution in [0.1, 0.15) is 16.8 Å². The first-order chi connectivity index (χ1) is 10.6. The number of ether oxygens (including phenoxy) is 1. The largest absolute Gasteiger partial charge is 0.488 e. The van der Waals surface area contributed by atoms with E-state index in [2.05, 4.69) is 9.88 Å². The third-order valence-electron chi connectivity index (χ3n) is 3.98. The Morgan fingerprint density at radius 3 is 2.95 bits per heavy atom. The van der Waals surface area contributed by atoms with E-state index in [0.717, 1.165) is 23.9 Å². The lowest BCUT2D eigenvalue weighted by Gasteiger charge is -2.22. The molecular formula is C17H21N3O2. The van der Waals surface area contributed by atoms with Gasteiger partial charge in [-0.1, -0.05) is 6.07 Å². The summed E-state index contributed by atoms with van der Waals surface area (Å²) in [5, 5.41) is 0.852. The van der Waals surface area contributed by atoms with Crippen LogP contribution < -0.4 is 4.74 Å². The maximum atomic E-state index is 12.7. The van der Waals surface area contributed by atoms with Crippen LogP contribution >= 0.6 is 0 Å². The van der Waals surface area contributed by atoms with Gasteiger partial charge in [0.15, 0.2) is 0 Å². The quantitative estimate of drug-likeness (QED) is 0.870. The van der Waals surface area contributed by atoms with Crippen molar-refractivity contribution in [1.29, 1.82) is 0 Å². The van der Waals surface area contributed by atoms with Crippen molar-refractivity contribution in [2.45, 2.75) is 12.5 Å². The van der Waals surface area contributed by atoms with Crippen LogP contribution in [0.4, 0.5) is 0 Å². The molecule has 1 unspecified atom stereocenters. The normalized spacial score (nSPS) is 18.3. The van der Waals surface area contributed by atoms with Gasteiger partial charge in [-0.3, -0.25) is 9.78 Å². The maximum absolute atomic E-state index is 12.7. The second-order valence-corrected chi connectivity index (χ2v) is 6.03. The molecule has 1 aromatic heterocycles. The molecule has 0 N–H and O–H groups in total. The number of carbonyl (C=O) groups is 1. The molecule has 1 aliphatic heterocycles. The van der Waals surface area contributed by atoms with Gasteiger partial charge in [-0.25, -0.2) is 0 Å². The van der Waals surface area contributed by atoms with Gasteiger partial charge in [-0.2, -0.15) is 0 Å². The predicted octanol–water partition coefficient (Wildman–Crippen LogP) is 2.02. The highest BCUT2D eigenvalue weighted by molar-refractivity contribution is 6.08. The molecule has 0 spiro atoms. The lowest BCUT2D eigenvalue weighted by atomic mass is 10.1. The predicted molar refractivity (Wildman–Crippen MR) is 86.3 cm³/mol. The van der Waals surface area contributed by atoms with Crippen LogP contribution in [-0.2, 0) is 0 Å². The van der Waals surface area contributed by atoms with E-state index in [-0.39, 0.29) is 12.0 Å². The molecule has 1 aliphatic rings. The zero-order chi connectivity index (χ0) is 15.7. The zero-order valence-electron chi connectivity index (χ0n) is 13.2. The van der Waals surface area contributed by atoms with E-state index < -0.39 is 0 Å². The van der Waals surface area contributed by atoms with Crippen molar-refractivity contribution in [3.8, 4) is 5.75 Å². The van der Waals surface area contributed by atoms with Crippen LogP contribution in [0, 0.1) is 0 Å². The number of carbonyl (C=O) groups excluding carboxylic acids is 1. The monoisotopic (exact) mass is 299 g/mol. The Bertz CT molecular complexity index is 699. The molecule has 5 heteroatoms. The summed E-state index contributed by atoms with van der Waals surface area (Å²) in [5.41, 5.74) is 1.44. The van der Waals surface area contributed by atoms with Crippen LogP contribution in [0.3, 0.4) is 0 Å². The molecule has 1 amide bonds. The molecule has 5 nitrogen and oxygen atoms in total. The van der Waals surface area contributed by atoms with Crippen molar-refractivity contribution in [3.05, 3.63) is 36.0 Å². The fourth-order valence-electron chi connectivity index (χ4n) is 2.80. The summed E-state index contributed by atoms with van der Waals surface area (Å²) < 4.78 is 6.14. The third kappa shape index (κ3) is 2.76. The number of amides is 1. The van der Waals surface area contributed by atoms with Gasteiger partial charge >= 0.3 is 0 Å². The number of rotatable bonds is 3. The highest BCUT2D eigenvalue weighted by atomic mass is 16.5. The second-order valence-electron chi connectivity index (χ2n) is 6.03. The van der Waals surface area contributed by atoms with Crippen molar-refractivity contribution < 1.29 is 9.53 Å². The van der Waals surface area contributed by atoms with E-state index in [1.54, 1.807) is 11.1 Å². The molecule has 116 valence electrons. The summed E-state index contributed by atoms with van der Waals surface area (Å²) >= 11 is 0. The molecule has 0 aliphatic carbocycles. The van der Waals surface area contributed by atoms with E-state index in [1.165, 1.54) is 0 Å². The van der Waals surface area contributed by atoms with Gasteiger partial charge in [0, 0.05) is 25.2 Å². The second kappa shape index (κ2) is 5.93. The van der Waals surface area contributed by atoms with Gasteiger partial charge in [-0.15, -0.1) is 0 Å². The van der Waals surface area contributed by atoms with Gasteiger partial charge in [0.25, 0.3) is 5.91 Å². The number of hydrogen-bond acceptors (Lipinski definition) is 4. The van der Waals surface area contributed by atoms with Crippen LogP contribution in [0.15, 0.2) is 30.5 Å². The highest BCUT2D eigenvalue weighted by Crippen LogP contribution is 2.31. The van der Waals surface area contributed by atoms with E-state index in [4.69, 9.17) is 4.74 Å². The van der Waals surface area contributed by atoms with Crippen molar-refractivity contribution in [2.24, 2.45) is 0 Å². The van der Waals surface area contributed by atoms with Crippen LogP contribution in [0.5, 0.6) is 5.75 Å². The van der Waals surface area contributed by atoms with Gasteiger partial charge in [0.2, 0.25) is 0 Å². The number of benzene rings is 1. The fraction of sp³-hybridized carbons (Fsp3) is 0.412. The summed E-state index contributed by atoms with van der Waals surface area (Å²) in [7, 11) is 5.91. The van der Waals surface area contributed by atoms with Crippen LogP contribution in [-0.4, -0.2) is 61.0 Å². The van der Waals surface area contributed by atoms with Gasteiger partial charge in [0.05, 0.1) is 17.6 Å². The number of hydrogen-bond donors (Lipinski definition) is 0. The molecular weight excluding hydrogens is 278 g/mol. The fourth-order valence-corrected chi connectivity index (χ4v) is 2.80. The SMILES string of the molecule is CN(C)CCC1CN(C)C(=O)c2c(ccc3ncccc23)O1. The molecule has 0 bridgehead atoms. The average Bonchev–Trinajstić information content (AvgIpc) is 2.63. The zero-order valence-corrected chi connectivity index (χ0v) is 13.2. The molecule has 2 aromatic rings. The lowest BCUT2D eigenvalue weighted by Crippen LogP contribution is -2.35. The molecule has 2 heterocycles. The van der Waals surface area contributed by atoms with Crippen molar-refractivity contribution >= 4 is 16.8 Å². The van der Waals surface area contributed by atoms with Gasteiger partial charge < -0.3 is 14.5 Å². The molecule has 22 heavy (non-hydrogen) atoms. The first kappa shape index (κ1) is 14.8. The Morgan fingerprint density at radius 2 is 2.18 bits per heavy atom. The molecule has 1 aromatic carbocycles. The Morgan fingerprint density at radius 1 is 1.36 bits per heavy atom. The standard InChI is InChI=1S/C17H21N3O2/c1-19(2)10-8-12-11-20(3)17(21)16-13-5-4-9-18-14(13)6-7-15(16)22-12/h4-7,9,12H,8,10-11H2,1-3H3. The third-order valence-corrected chi connectivity index (χ3v) is 3.98. The minimum absolute atomic E-state index is 0.000882. The molecule has 0 saturated carbocycles. The van der Waals surface area contributed by atoms with Crippen LogP contribution in [0.2, 0.25) is 0 Å². The topological polar surface area (TPSA) is 45.7 Å². The van der Waals surface area contributed by atoms with E-state index in [9.17, 15) is 4.79 Å². The average molecular weight is 299 g/mol. The summed E-state index contributed by atoms with van der Waals surface area (Å²) in [6, 6.07) is 7.56. The maximum Gasteiger partial charge on any atom is 0.258 e. The minimum Gasteiger partial charge on any atom is -0.488 e. The molecule has 0 fully saturated rings. The molecule has 3 rings (SSSR count). The van der Waals surface area contributed by atoms with Crippen molar-refractivity contribution in [1.82, 2.24) is 14.8 Å². The Hall–Kier alpha value is -2.14. The minimum atomic E-state index is 0.000882. The number of fused-ring (bicyclic) bond motifs is 3. The summed E-state index contributed by atoms with van der Waals surface area (Å²) in [6.45, 7) is 1.53. The Labute approximate surface area is 130 Å². The first-order valence-corrected chi connectivity index (χ1v) is 7.51. The highest BCUT2D eigenvalue weighted by Gasteiger charge is 2.28. The molecule has 1 atom stereocenters. The molecule has 0 radical (unpaired) electrons. The summed E-state index contributed by atoms with van der Waals surface area (Å²) in [6.07, 6.45) is 2.63. The molecule has 0 saturated heterocycles. The first-order valence-electron chi connectivity index (χ1n) is 7.51. The van der Waals surface area contributed by atoms with Crippen molar-refractivity contribution in [2.75, 3.05) is 34.2 Å². The number of likely N-dealkylation sites (N-methyl/N-ethyl adjacent to an activating group) is 1. The summed E-state index contributed by atoms with van der Waals surface area (Å²) in [4.78, 5) is 20.9. The summed E-state index contributed by atoms with van der Waals surface area (Å²) in [5.74, 6) is 0.666. The Kier molecular flexibility index (Phi) is 3.98. The number of aromatic nitrogens is 1. The van der Waals surface area contributed by atoms with Gasteiger partial charge in [0.1, 0.15) is 11.9 Å². The number of pyridine rings is 1. The van der Waals surface area contributed by atoms with Crippen LogP contribution in [0.25, 0.3) is 10.9 Å². The Balaban J connectivity index is 2.01. The smallest absolute Gasteiger partial charge is 0.258 e. The lowest BCUT2D eigenvalue weighted by molar-refractivity contribution is 0.0751.